The summed E-state index contributed by atoms with van der Waals surface area (Å²) in [7, 11) is 0. The zero-order chi connectivity index (χ0) is 21.3. The lowest BCUT2D eigenvalue weighted by atomic mass is 9.96. The molecular weight excluding hydrogens is 388 g/mol. The molecule has 1 amide bonds. The number of benzene rings is 2. The number of fused-ring (bicyclic) bond motifs is 1. The largest absolute Gasteiger partial charge is 0.366 e. The van der Waals surface area contributed by atoms with E-state index < -0.39 is 5.91 Å². The number of carbonyl (C=O) groups is 3. The zero-order valence-corrected chi connectivity index (χ0v) is 17.4. The SMILES string of the molecule is CCC(=O)c1c(C(=O)C(C)C)c2ccc(C(N)=O)cc2n1Cc1ccccc1Cl. The third-order valence-electron chi connectivity index (χ3n) is 4.99. The van der Waals surface area contributed by atoms with Crippen LogP contribution in [0.2, 0.25) is 5.02 Å². The minimum Gasteiger partial charge on any atom is -0.366 e. The summed E-state index contributed by atoms with van der Waals surface area (Å²) in [6.45, 7) is 5.66. The van der Waals surface area contributed by atoms with E-state index in [-0.39, 0.29) is 23.9 Å². The molecule has 0 radical (unpaired) electrons. The Bertz CT molecular complexity index is 1130. The van der Waals surface area contributed by atoms with Gasteiger partial charge in [-0.1, -0.05) is 56.6 Å². The van der Waals surface area contributed by atoms with Gasteiger partial charge >= 0.3 is 0 Å². The molecule has 1 aromatic heterocycles. The molecule has 1 heterocycles. The number of halogens is 1. The zero-order valence-electron chi connectivity index (χ0n) is 16.7. The van der Waals surface area contributed by atoms with Crippen molar-refractivity contribution in [2.24, 2.45) is 11.7 Å². The van der Waals surface area contributed by atoms with Crippen LogP contribution in [0.15, 0.2) is 42.5 Å². The number of Topliss-reactive ketones (excluding diaryl/α,β-unsaturated/α-hetero) is 2. The first-order valence-corrected chi connectivity index (χ1v) is 9.90. The highest BCUT2D eigenvalue weighted by atomic mass is 35.5. The van der Waals surface area contributed by atoms with Gasteiger partial charge < -0.3 is 10.3 Å². The van der Waals surface area contributed by atoms with Crippen LogP contribution in [0.5, 0.6) is 0 Å². The monoisotopic (exact) mass is 410 g/mol. The van der Waals surface area contributed by atoms with Gasteiger partial charge in [0.2, 0.25) is 5.91 Å². The third-order valence-corrected chi connectivity index (χ3v) is 5.36. The number of hydrogen-bond donors (Lipinski definition) is 1. The van der Waals surface area contributed by atoms with E-state index in [1.165, 1.54) is 0 Å². The maximum absolute atomic E-state index is 13.1. The molecule has 150 valence electrons. The number of ketones is 2. The smallest absolute Gasteiger partial charge is 0.248 e. The first-order valence-electron chi connectivity index (χ1n) is 9.53. The van der Waals surface area contributed by atoms with Crippen LogP contribution in [0.25, 0.3) is 10.9 Å². The van der Waals surface area contributed by atoms with Gasteiger partial charge in [-0.2, -0.15) is 0 Å². The molecule has 0 unspecified atom stereocenters. The molecule has 6 heteroatoms. The molecule has 0 aliphatic rings. The van der Waals surface area contributed by atoms with E-state index in [1.807, 2.05) is 18.2 Å². The van der Waals surface area contributed by atoms with Gasteiger partial charge in [0.1, 0.15) is 0 Å². The van der Waals surface area contributed by atoms with Crippen LogP contribution in [0.3, 0.4) is 0 Å². The van der Waals surface area contributed by atoms with Crippen molar-refractivity contribution in [3.05, 3.63) is 69.9 Å². The lowest BCUT2D eigenvalue weighted by Crippen LogP contribution is -2.16. The van der Waals surface area contributed by atoms with Crippen molar-refractivity contribution in [2.75, 3.05) is 0 Å². The van der Waals surface area contributed by atoms with Crippen molar-refractivity contribution in [1.82, 2.24) is 4.57 Å². The van der Waals surface area contributed by atoms with Crippen LogP contribution in [0.4, 0.5) is 0 Å². The maximum Gasteiger partial charge on any atom is 0.248 e. The number of hydrogen-bond acceptors (Lipinski definition) is 3. The van der Waals surface area contributed by atoms with Gasteiger partial charge in [0.25, 0.3) is 0 Å². The molecule has 3 aromatic rings. The second kappa shape index (κ2) is 8.21. The minimum absolute atomic E-state index is 0.114. The Morgan fingerprint density at radius 3 is 2.38 bits per heavy atom. The summed E-state index contributed by atoms with van der Waals surface area (Å²) in [5.41, 5.74) is 7.95. The Labute approximate surface area is 174 Å². The highest BCUT2D eigenvalue weighted by Gasteiger charge is 2.28. The fourth-order valence-electron chi connectivity index (χ4n) is 3.46. The van der Waals surface area contributed by atoms with Crippen LogP contribution < -0.4 is 5.73 Å². The van der Waals surface area contributed by atoms with Gasteiger partial charge in [-0.25, -0.2) is 0 Å². The fraction of sp³-hybridized carbons (Fsp3) is 0.261. The van der Waals surface area contributed by atoms with Crippen LogP contribution >= 0.6 is 11.6 Å². The third kappa shape index (κ3) is 3.83. The lowest BCUT2D eigenvalue weighted by Gasteiger charge is -2.13. The Kier molecular flexibility index (Phi) is 5.89. The molecule has 0 aliphatic heterocycles. The molecule has 0 atom stereocenters. The topological polar surface area (TPSA) is 82.2 Å². The molecular formula is C23H23ClN2O3. The summed E-state index contributed by atoms with van der Waals surface area (Å²) >= 11 is 6.35. The number of nitrogens with zero attached hydrogens (tertiary/aromatic N) is 1. The normalized spacial score (nSPS) is 11.2. The summed E-state index contributed by atoms with van der Waals surface area (Å²) in [5.74, 6) is -1.11. The van der Waals surface area contributed by atoms with Crippen molar-refractivity contribution in [2.45, 2.75) is 33.7 Å². The summed E-state index contributed by atoms with van der Waals surface area (Å²) < 4.78 is 1.78. The van der Waals surface area contributed by atoms with E-state index in [0.29, 0.717) is 39.3 Å². The molecule has 0 bridgehead atoms. The van der Waals surface area contributed by atoms with Crippen LogP contribution in [-0.2, 0) is 6.54 Å². The molecule has 2 N–H and O–H groups in total. The summed E-state index contributed by atoms with van der Waals surface area (Å²) in [6.07, 6.45) is 0.250. The van der Waals surface area contributed by atoms with E-state index in [0.717, 1.165) is 5.56 Å². The number of carbonyl (C=O) groups excluding carboxylic acids is 3. The number of nitrogens with two attached hydrogens (primary N) is 1. The van der Waals surface area contributed by atoms with E-state index in [2.05, 4.69) is 0 Å². The number of aromatic nitrogens is 1. The van der Waals surface area contributed by atoms with Crippen molar-refractivity contribution in [1.29, 1.82) is 0 Å². The van der Waals surface area contributed by atoms with Crippen molar-refractivity contribution in [3.8, 4) is 0 Å². The predicted molar refractivity (Wildman–Crippen MR) is 115 cm³/mol. The summed E-state index contributed by atoms with van der Waals surface area (Å²) in [4.78, 5) is 37.8. The predicted octanol–water partition coefficient (Wildman–Crippen LogP) is 4.87. The Morgan fingerprint density at radius 1 is 1.10 bits per heavy atom. The maximum atomic E-state index is 13.1. The van der Waals surface area contributed by atoms with Gasteiger partial charge in [-0.15, -0.1) is 0 Å². The minimum atomic E-state index is -0.572. The van der Waals surface area contributed by atoms with Gasteiger partial charge in [-0.3, -0.25) is 14.4 Å². The average Bonchev–Trinajstić information content (AvgIpc) is 3.01. The van der Waals surface area contributed by atoms with Gasteiger partial charge in [0, 0.05) is 34.9 Å². The number of amides is 1. The number of primary amides is 1. The first kappa shape index (κ1) is 20.8. The number of rotatable bonds is 7. The van der Waals surface area contributed by atoms with Crippen molar-refractivity contribution >= 4 is 40.0 Å². The summed E-state index contributed by atoms with van der Waals surface area (Å²) in [6, 6.07) is 12.3. The van der Waals surface area contributed by atoms with Crippen LogP contribution in [0.1, 0.15) is 64.0 Å². The van der Waals surface area contributed by atoms with E-state index in [1.54, 1.807) is 49.6 Å². The van der Waals surface area contributed by atoms with E-state index in [9.17, 15) is 14.4 Å². The van der Waals surface area contributed by atoms with E-state index in [4.69, 9.17) is 17.3 Å². The standard InChI is InChI=1S/C23H23ClN2O3/c1-4-19(27)21-20(22(28)13(2)3)16-10-9-14(23(25)29)11-18(16)26(21)12-15-7-5-6-8-17(15)24/h5-11,13H,4,12H2,1-3H3,(H2,25,29). The molecule has 0 saturated heterocycles. The molecule has 0 saturated carbocycles. The first-order chi connectivity index (χ1) is 13.8. The molecule has 5 nitrogen and oxygen atoms in total. The molecule has 0 spiro atoms. The highest BCUT2D eigenvalue weighted by Crippen LogP contribution is 2.32. The van der Waals surface area contributed by atoms with Gasteiger partial charge in [0.05, 0.1) is 16.8 Å². The van der Waals surface area contributed by atoms with Crippen LogP contribution in [0, 0.1) is 5.92 Å². The van der Waals surface area contributed by atoms with Gasteiger partial charge in [0.15, 0.2) is 11.6 Å². The lowest BCUT2D eigenvalue weighted by molar-refractivity contribution is 0.0921. The second-order valence-electron chi connectivity index (χ2n) is 7.29. The molecule has 2 aromatic carbocycles. The summed E-state index contributed by atoms with van der Waals surface area (Å²) in [5, 5.41) is 1.20. The Morgan fingerprint density at radius 2 is 1.79 bits per heavy atom. The van der Waals surface area contributed by atoms with Gasteiger partial charge in [-0.05, 0) is 23.8 Å². The Hall–Kier alpha value is -2.92. The molecule has 0 aliphatic carbocycles. The van der Waals surface area contributed by atoms with Crippen molar-refractivity contribution < 1.29 is 14.4 Å². The second-order valence-corrected chi connectivity index (χ2v) is 7.70. The molecule has 0 fully saturated rings. The molecule has 29 heavy (non-hydrogen) atoms. The average molecular weight is 411 g/mol. The quantitative estimate of drug-likeness (QED) is 0.564. The van der Waals surface area contributed by atoms with Crippen LogP contribution in [-0.4, -0.2) is 22.0 Å². The van der Waals surface area contributed by atoms with Crippen molar-refractivity contribution in [3.63, 3.8) is 0 Å². The fourth-order valence-corrected chi connectivity index (χ4v) is 3.65. The van der Waals surface area contributed by atoms with E-state index >= 15 is 0 Å². The highest BCUT2D eigenvalue weighted by molar-refractivity contribution is 6.31. The Balaban J connectivity index is 2.40. The molecule has 3 rings (SSSR count).